The van der Waals surface area contributed by atoms with Gasteiger partial charge < -0.3 is 0 Å². The number of nitrogens with zero attached hydrogens (tertiary/aromatic N) is 4. The van der Waals surface area contributed by atoms with Crippen LogP contribution < -0.4 is 0 Å². The third-order valence-electron chi connectivity index (χ3n) is 18.6. The Labute approximate surface area is 596 Å². The molecule has 0 aliphatic rings. The zero-order valence-electron chi connectivity index (χ0n) is 56.0. The number of rotatable bonds is 15. The van der Waals surface area contributed by atoms with Crippen molar-refractivity contribution in [3.8, 4) is 168 Å². The number of hydrogen-bond acceptors (Lipinski definition) is 4. The van der Waals surface area contributed by atoms with E-state index in [1.807, 2.05) is 24.3 Å². The third kappa shape index (κ3) is 14.5. The van der Waals surface area contributed by atoms with Crippen molar-refractivity contribution in [2.24, 2.45) is 0 Å². The lowest BCUT2D eigenvalue weighted by Crippen LogP contribution is -1.97. The average molecular weight is 1300 g/mol. The fourth-order valence-corrected chi connectivity index (χ4v) is 13.2. The Kier molecular flexibility index (Phi) is 18.4. The molecule has 4 nitrogen and oxygen atoms in total. The maximum Gasteiger partial charge on any atom is 0.160 e. The molecule has 0 atom stereocenters. The van der Waals surface area contributed by atoms with Gasteiger partial charge >= 0.3 is 0 Å². The van der Waals surface area contributed by atoms with Gasteiger partial charge in [-0.2, -0.15) is 0 Å². The summed E-state index contributed by atoms with van der Waals surface area (Å²) in [6.45, 7) is 0. The molecule has 0 N–H and O–H groups in total. The number of hydrogen-bond donors (Lipinski definition) is 0. The van der Waals surface area contributed by atoms with E-state index in [4.69, 9.17) is 19.9 Å². The van der Waals surface area contributed by atoms with Crippen LogP contribution in [0.25, 0.3) is 168 Å². The van der Waals surface area contributed by atoms with Crippen LogP contribution in [0.4, 0.5) is 0 Å². The Balaban J connectivity index is 0.000000159. The summed E-state index contributed by atoms with van der Waals surface area (Å²) in [5.41, 5.74) is 30.6. The minimum atomic E-state index is 0.682. The molecule has 17 aromatic rings. The lowest BCUT2D eigenvalue weighted by Gasteiger charge is -2.14. The van der Waals surface area contributed by atoms with Crippen LogP contribution in [-0.4, -0.2) is 19.9 Å². The van der Waals surface area contributed by atoms with Crippen LogP contribution in [0.5, 0.6) is 0 Å². The van der Waals surface area contributed by atoms with Crippen molar-refractivity contribution in [3.63, 3.8) is 0 Å². The van der Waals surface area contributed by atoms with Gasteiger partial charge in [0.25, 0.3) is 0 Å². The molecule has 102 heavy (non-hydrogen) atoms. The van der Waals surface area contributed by atoms with E-state index >= 15 is 0 Å². The molecule has 2 aromatic heterocycles. The molecule has 0 spiro atoms. The molecule has 0 saturated carbocycles. The van der Waals surface area contributed by atoms with E-state index in [2.05, 4.69) is 388 Å². The molecule has 0 fully saturated rings. The summed E-state index contributed by atoms with van der Waals surface area (Å²) in [6, 6.07) is 145. The zero-order valence-corrected chi connectivity index (χ0v) is 56.0. The van der Waals surface area contributed by atoms with E-state index in [9.17, 15) is 0 Å². The molecule has 0 aliphatic heterocycles. The molecule has 0 amide bonds. The summed E-state index contributed by atoms with van der Waals surface area (Å²) in [6.07, 6.45) is 0. The third-order valence-corrected chi connectivity index (χ3v) is 18.6. The normalized spacial score (nSPS) is 10.9. The molecule has 2 heterocycles. The van der Waals surface area contributed by atoms with Gasteiger partial charge in [-0.1, -0.05) is 358 Å². The van der Waals surface area contributed by atoms with Crippen molar-refractivity contribution in [2.75, 3.05) is 0 Å². The molecule has 0 radical (unpaired) electrons. The number of aromatic nitrogens is 4. The molecule has 0 bridgehead atoms. The monoisotopic (exact) mass is 1300 g/mol. The van der Waals surface area contributed by atoms with Crippen LogP contribution in [0.15, 0.2) is 413 Å². The predicted molar refractivity (Wildman–Crippen MR) is 426 cm³/mol. The Morgan fingerprint density at radius 3 is 0.500 bits per heavy atom. The van der Waals surface area contributed by atoms with Crippen LogP contribution in [0.1, 0.15) is 0 Å². The highest BCUT2D eigenvalue weighted by Gasteiger charge is 2.18. The van der Waals surface area contributed by atoms with E-state index in [0.717, 1.165) is 106 Å². The lowest BCUT2D eigenvalue weighted by atomic mass is 9.93. The van der Waals surface area contributed by atoms with Crippen LogP contribution >= 0.6 is 0 Å². The van der Waals surface area contributed by atoms with E-state index in [1.54, 1.807) is 0 Å². The zero-order chi connectivity index (χ0) is 68.2. The van der Waals surface area contributed by atoms with Gasteiger partial charge in [-0.25, -0.2) is 19.9 Å². The maximum atomic E-state index is 5.30. The molecule has 480 valence electrons. The van der Waals surface area contributed by atoms with Crippen LogP contribution in [0, 0.1) is 0 Å². The van der Waals surface area contributed by atoms with E-state index in [0.29, 0.717) is 11.6 Å². The molecular weight excluding hydrogens is 1230 g/mol. The second kappa shape index (κ2) is 29.7. The first kappa shape index (κ1) is 63.2. The van der Waals surface area contributed by atoms with Crippen molar-refractivity contribution in [1.29, 1.82) is 0 Å². The SMILES string of the molecule is c1ccc(-c2ccc(-c3cc(-c4ccc(-c5ccccc5)cc4)cc(-c4nc(-c5ccccc5)cc(-c5cccc(-c6ccccc6)c5)n4)c3)cc2)cc1.c1ccc(-c2ccc(-c3cc(-c4ccc(-c5ccccc5)cc4)cc(-c4nc(-c5ccccc5)cc(-c5ccccc5)n4)c3)cc2)cc1. The highest BCUT2D eigenvalue weighted by atomic mass is 14.9. The fourth-order valence-electron chi connectivity index (χ4n) is 13.2. The fraction of sp³-hybridized carbons (Fsp3) is 0. The standard InChI is InChI=1S/C52H36N2.C46H32N2/c1-5-14-37(15-6-1)40-24-28-42(29-25-40)47-33-48(43-30-26-41(27-31-43)38-16-7-2-8-17-38)35-49(34-47)52-53-50(44-20-11-4-12-21-44)36-51(54-52)46-23-13-22-45(32-46)39-18-9-3-10-19-39;1-5-13-33(14-6-1)35-21-25-37(26-22-35)41-29-42(38-27-23-36(24-28-38)34-15-7-2-8-16-34)31-43(30-41)46-47-44(39-17-9-3-10-18-39)32-45(48-46)40-19-11-4-12-20-40/h1-36H;1-32H. The lowest BCUT2D eigenvalue weighted by molar-refractivity contribution is 1.18. The molecule has 17 rings (SSSR count). The first-order valence-electron chi connectivity index (χ1n) is 34.5. The van der Waals surface area contributed by atoms with Gasteiger partial charge in [0.15, 0.2) is 11.6 Å². The largest absolute Gasteiger partial charge is 0.228 e. The van der Waals surface area contributed by atoms with Crippen LogP contribution in [-0.2, 0) is 0 Å². The first-order chi connectivity index (χ1) is 50.5. The summed E-state index contributed by atoms with van der Waals surface area (Å²) < 4.78 is 0. The molecular formula is C98H68N4. The summed E-state index contributed by atoms with van der Waals surface area (Å²) in [7, 11) is 0. The molecule has 0 aliphatic carbocycles. The van der Waals surface area contributed by atoms with Crippen molar-refractivity contribution >= 4 is 0 Å². The quantitative estimate of drug-likeness (QED) is 0.103. The number of benzene rings is 15. The van der Waals surface area contributed by atoms with Crippen molar-refractivity contribution < 1.29 is 0 Å². The average Bonchev–Trinajstić information content (AvgIpc) is 0.787. The Morgan fingerprint density at radius 1 is 0.0980 bits per heavy atom. The molecule has 4 heteroatoms. The van der Waals surface area contributed by atoms with Gasteiger partial charge in [0, 0.05) is 33.4 Å². The molecule has 0 saturated heterocycles. The summed E-state index contributed by atoms with van der Waals surface area (Å²) in [4.78, 5) is 20.9. The predicted octanol–water partition coefficient (Wildman–Crippen LogP) is 26.0. The van der Waals surface area contributed by atoms with Gasteiger partial charge in [0.05, 0.1) is 22.8 Å². The van der Waals surface area contributed by atoms with Gasteiger partial charge in [0.2, 0.25) is 0 Å². The minimum absolute atomic E-state index is 0.682. The maximum absolute atomic E-state index is 5.30. The summed E-state index contributed by atoms with van der Waals surface area (Å²) in [5.74, 6) is 1.38. The van der Waals surface area contributed by atoms with Crippen molar-refractivity contribution in [2.45, 2.75) is 0 Å². The Hall–Kier alpha value is -13.5. The van der Waals surface area contributed by atoms with Crippen LogP contribution in [0.3, 0.4) is 0 Å². The van der Waals surface area contributed by atoms with E-state index in [-0.39, 0.29) is 0 Å². The van der Waals surface area contributed by atoms with Crippen molar-refractivity contribution in [3.05, 3.63) is 413 Å². The second-order valence-corrected chi connectivity index (χ2v) is 25.3. The van der Waals surface area contributed by atoms with Gasteiger partial charge in [-0.05, 0) is 155 Å². The smallest absolute Gasteiger partial charge is 0.160 e. The first-order valence-corrected chi connectivity index (χ1v) is 34.5. The second-order valence-electron chi connectivity index (χ2n) is 25.3. The van der Waals surface area contributed by atoms with Crippen molar-refractivity contribution in [1.82, 2.24) is 19.9 Å². The Morgan fingerprint density at radius 2 is 0.255 bits per heavy atom. The molecule has 15 aromatic carbocycles. The van der Waals surface area contributed by atoms with E-state index in [1.165, 1.54) is 50.1 Å². The van der Waals surface area contributed by atoms with Gasteiger partial charge in [-0.15, -0.1) is 0 Å². The summed E-state index contributed by atoms with van der Waals surface area (Å²) in [5, 5.41) is 0. The molecule has 0 unspecified atom stereocenters. The van der Waals surface area contributed by atoms with Crippen LogP contribution in [0.2, 0.25) is 0 Å². The highest BCUT2D eigenvalue weighted by molar-refractivity contribution is 5.86. The topological polar surface area (TPSA) is 51.6 Å². The van der Waals surface area contributed by atoms with Gasteiger partial charge in [-0.3, -0.25) is 0 Å². The van der Waals surface area contributed by atoms with E-state index < -0.39 is 0 Å². The Bertz CT molecular complexity index is 5380. The summed E-state index contributed by atoms with van der Waals surface area (Å²) >= 11 is 0. The van der Waals surface area contributed by atoms with Gasteiger partial charge in [0.1, 0.15) is 0 Å². The highest BCUT2D eigenvalue weighted by Crippen LogP contribution is 2.39. The minimum Gasteiger partial charge on any atom is -0.228 e.